The van der Waals surface area contributed by atoms with Crippen molar-refractivity contribution >= 4 is 5.91 Å². The van der Waals surface area contributed by atoms with Crippen LogP contribution in [0.2, 0.25) is 0 Å². The molecule has 0 aliphatic carbocycles. The first-order valence-corrected chi connectivity index (χ1v) is 6.20. The second kappa shape index (κ2) is 7.69. The molecule has 0 saturated carbocycles. The summed E-state index contributed by atoms with van der Waals surface area (Å²) >= 11 is 0. The van der Waals surface area contributed by atoms with Gasteiger partial charge in [-0.15, -0.1) is 0 Å². The van der Waals surface area contributed by atoms with Crippen LogP contribution in [0.4, 0.5) is 0 Å². The Balaban J connectivity index is 2.10. The van der Waals surface area contributed by atoms with Gasteiger partial charge in [-0.05, 0) is 25.7 Å². The number of carbonyl (C=O) groups excluding carboxylic acids is 1. The molecule has 1 amide bonds. The van der Waals surface area contributed by atoms with Crippen molar-refractivity contribution in [3.63, 3.8) is 0 Å². The second-order valence-electron chi connectivity index (χ2n) is 4.24. The molecule has 1 rings (SSSR count). The molecule has 0 spiro atoms. The predicted molar refractivity (Wildman–Crippen MR) is 60.7 cm³/mol. The Morgan fingerprint density at radius 1 is 1.40 bits per heavy atom. The average molecular weight is 213 g/mol. The van der Waals surface area contributed by atoms with Crippen LogP contribution in [0.25, 0.3) is 0 Å². The monoisotopic (exact) mass is 213 g/mol. The van der Waals surface area contributed by atoms with Crippen molar-refractivity contribution in [3.8, 4) is 0 Å². The van der Waals surface area contributed by atoms with Crippen molar-refractivity contribution in [2.24, 2.45) is 5.92 Å². The van der Waals surface area contributed by atoms with Gasteiger partial charge in [0.1, 0.15) is 0 Å². The quantitative estimate of drug-likeness (QED) is 0.686. The Morgan fingerprint density at radius 2 is 2.27 bits per heavy atom. The van der Waals surface area contributed by atoms with Gasteiger partial charge in [-0.25, -0.2) is 0 Å². The van der Waals surface area contributed by atoms with Gasteiger partial charge >= 0.3 is 0 Å². The average Bonchev–Trinajstić information content (AvgIpc) is 2.44. The van der Waals surface area contributed by atoms with Crippen LogP contribution in [0.5, 0.6) is 0 Å². The van der Waals surface area contributed by atoms with Crippen molar-refractivity contribution in [2.75, 3.05) is 19.8 Å². The van der Waals surface area contributed by atoms with Gasteiger partial charge < -0.3 is 10.1 Å². The van der Waals surface area contributed by atoms with Crippen molar-refractivity contribution in [2.45, 2.75) is 45.4 Å². The number of hydrogen-bond acceptors (Lipinski definition) is 2. The summed E-state index contributed by atoms with van der Waals surface area (Å²) in [6.07, 6.45) is 6.50. The molecule has 15 heavy (non-hydrogen) atoms. The Morgan fingerprint density at radius 3 is 3.07 bits per heavy atom. The molecule has 0 radical (unpaired) electrons. The zero-order chi connectivity index (χ0) is 10.9. The minimum Gasteiger partial charge on any atom is -0.381 e. The van der Waals surface area contributed by atoms with Crippen LogP contribution in [-0.2, 0) is 9.53 Å². The lowest BCUT2D eigenvalue weighted by atomic mass is 9.99. The summed E-state index contributed by atoms with van der Waals surface area (Å²) in [7, 11) is 0. The van der Waals surface area contributed by atoms with Gasteiger partial charge in [0.2, 0.25) is 5.91 Å². The molecule has 0 bridgehead atoms. The highest BCUT2D eigenvalue weighted by Crippen LogP contribution is 2.15. The van der Waals surface area contributed by atoms with Crippen LogP contribution in [0.1, 0.15) is 45.4 Å². The fourth-order valence-corrected chi connectivity index (χ4v) is 1.85. The molecule has 0 aromatic heterocycles. The molecule has 0 aromatic rings. The van der Waals surface area contributed by atoms with Gasteiger partial charge in [0.15, 0.2) is 0 Å². The van der Waals surface area contributed by atoms with E-state index < -0.39 is 0 Å². The van der Waals surface area contributed by atoms with E-state index in [0.29, 0.717) is 0 Å². The van der Waals surface area contributed by atoms with Gasteiger partial charge in [-0.1, -0.05) is 19.8 Å². The lowest BCUT2D eigenvalue weighted by molar-refractivity contribution is -0.125. The van der Waals surface area contributed by atoms with Crippen LogP contribution < -0.4 is 5.32 Å². The number of rotatable bonds is 6. The van der Waals surface area contributed by atoms with E-state index in [1.165, 1.54) is 12.8 Å². The van der Waals surface area contributed by atoms with Crippen molar-refractivity contribution in [1.82, 2.24) is 5.32 Å². The minimum absolute atomic E-state index is 0.189. The molecular formula is C12H23NO2. The topological polar surface area (TPSA) is 38.3 Å². The fourth-order valence-electron chi connectivity index (χ4n) is 1.85. The number of hydrogen-bond donors (Lipinski definition) is 1. The first-order chi connectivity index (χ1) is 7.34. The summed E-state index contributed by atoms with van der Waals surface area (Å²) < 4.78 is 5.49. The first-order valence-electron chi connectivity index (χ1n) is 6.20. The summed E-state index contributed by atoms with van der Waals surface area (Å²) in [5, 5.41) is 2.95. The van der Waals surface area contributed by atoms with Gasteiger partial charge in [-0.2, -0.15) is 0 Å². The standard InChI is InChI=1S/C12H23NO2/c1-2-3-9-15-10-7-11-6-4-5-8-13-12(11)14/h11H,2-10H2,1H3,(H,13,14). The van der Waals surface area contributed by atoms with Gasteiger partial charge in [0, 0.05) is 25.7 Å². The van der Waals surface area contributed by atoms with Crippen LogP contribution in [0, 0.1) is 5.92 Å². The maximum atomic E-state index is 11.6. The van der Waals surface area contributed by atoms with Crippen molar-refractivity contribution < 1.29 is 9.53 Å². The maximum absolute atomic E-state index is 11.6. The summed E-state index contributed by atoms with van der Waals surface area (Å²) in [5.74, 6) is 0.417. The van der Waals surface area contributed by atoms with Gasteiger partial charge in [0.25, 0.3) is 0 Å². The molecule has 1 N–H and O–H groups in total. The minimum atomic E-state index is 0.189. The largest absolute Gasteiger partial charge is 0.381 e. The highest BCUT2D eigenvalue weighted by atomic mass is 16.5. The third-order valence-electron chi connectivity index (χ3n) is 2.90. The number of ether oxygens (including phenoxy) is 1. The van der Waals surface area contributed by atoms with E-state index in [9.17, 15) is 4.79 Å². The van der Waals surface area contributed by atoms with E-state index in [0.717, 1.165) is 45.4 Å². The Labute approximate surface area is 92.6 Å². The van der Waals surface area contributed by atoms with Crippen LogP contribution in [0.3, 0.4) is 0 Å². The van der Waals surface area contributed by atoms with Gasteiger partial charge in [0.05, 0.1) is 0 Å². The summed E-state index contributed by atoms with van der Waals surface area (Å²) in [6, 6.07) is 0. The number of unbranched alkanes of at least 4 members (excludes halogenated alkanes) is 1. The lowest BCUT2D eigenvalue weighted by Gasteiger charge is -2.12. The zero-order valence-corrected chi connectivity index (χ0v) is 9.76. The molecule has 1 heterocycles. The molecule has 1 fully saturated rings. The van der Waals surface area contributed by atoms with Crippen LogP contribution in [-0.4, -0.2) is 25.7 Å². The van der Waals surface area contributed by atoms with Gasteiger partial charge in [-0.3, -0.25) is 4.79 Å². The predicted octanol–water partition coefficient (Wildman–Crippen LogP) is 2.11. The Bertz CT molecular complexity index is 182. The Hall–Kier alpha value is -0.570. The number of nitrogens with one attached hydrogen (secondary N) is 1. The fraction of sp³-hybridized carbons (Fsp3) is 0.917. The molecular weight excluding hydrogens is 190 g/mol. The number of carbonyl (C=O) groups is 1. The summed E-state index contributed by atoms with van der Waals surface area (Å²) in [5.41, 5.74) is 0. The molecule has 3 nitrogen and oxygen atoms in total. The first kappa shape index (κ1) is 12.5. The van der Waals surface area contributed by atoms with E-state index in [2.05, 4.69) is 12.2 Å². The van der Waals surface area contributed by atoms with Crippen LogP contribution >= 0.6 is 0 Å². The molecule has 1 unspecified atom stereocenters. The molecule has 1 atom stereocenters. The lowest BCUT2D eigenvalue weighted by Crippen LogP contribution is -2.29. The second-order valence-corrected chi connectivity index (χ2v) is 4.24. The Kier molecular flexibility index (Phi) is 6.41. The van der Waals surface area contributed by atoms with E-state index in [-0.39, 0.29) is 11.8 Å². The smallest absolute Gasteiger partial charge is 0.223 e. The third kappa shape index (κ3) is 5.17. The van der Waals surface area contributed by atoms with Crippen molar-refractivity contribution in [1.29, 1.82) is 0 Å². The molecule has 1 aliphatic heterocycles. The van der Waals surface area contributed by atoms with E-state index in [1.54, 1.807) is 0 Å². The maximum Gasteiger partial charge on any atom is 0.223 e. The van der Waals surface area contributed by atoms with E-state index in [1.807, 2.05) is 0 Å². The highest BCUT2D eigenvalue weighted by molar-refractivity contribution is 5.78. The number of amides is 1. The summed E-state index contributed by atoms with van der Waals surface area (Å²) in [6.45, 7) is 4.58. The van der Waals surface area contributed by atoms with Crippen LogP contribution in [0.15, 0.2) is 0 Å². The van der Waals surface area contributed by atoms with E-state index >= 15 is 0 Å². The summed E-state index contributed by atoms with van der Waals surface area (Å²) in [4.78, 5) is 11.6. The molecule has 88 valence electrons. The molecule has 0 aromatic carbocycles. The molecule has 3 heteroatoms. The van der Waals surface area contributed by atoms with E-state index in [4.69, 9.17) is 4.74 Å². The normalized spacial score (nSPS) is 22.2. The zero-order valence-electron chi connectivity index (χ0n) is 9.76. The molecule has 1 saturated heterocycles. The third-order valence-corrected chi connectivity index (χ3v) is 2.90. The SMILES string of the molecule is CCCCOCCC1CCCCNC1=O. The molecule has 1 aliphatic rings. The highest BCUT2D eigenvalue weighted by Gasteiger charge is 2.19. The van der Waals surface area contributed by atoms with Crippen molar-refractivity contribution in [3.05, 3.63) is 0 Å².